The third-order valence-corrected chi connectivity index (χ3v) is 3.81. The standard InChI is InChI=1S/C19H15N3O2/c1-11-7-13(8-12(2)17(11)23)9-14(10-20)18-21-16-6-4-3-5-15(16)19(24)22-18/h3-9,23H,1-2H3,(H,21,22,24). The Labute approximate surface area is 138 Å². The van der Waals surface area contributed by atoms with Crippen molar-refractivity contribution in [3.8, 4) is 11.8 Å². The highest BCUT2D eigenvalue weighted by molar-refractivity contribution is 5.89. The fraction of sp³-hybridized carbons (Fsp3) is 0.105. The number of allylic oxidation sites excluding steroid dienone is 1. The summed E-state index contributed by atoms with van der Waals surface area (Å²) in [7, 11) is 0. The van der Waals surface area contributed by atoms with E-state index < -0.39 is 0 Å². The Morgan fingerprint density at radius 3 is 2.58 bits per heavy atom. The number of aromatic nitrogens is 2. The summed E-state index contributed by atoms with van der Waals surface area (Å²) in [5.41, 5.74) is 2.71. The van der Waals surface area contributed by atoms with Crippen molar-refractivity contribution in [2.45, 2.75) is 13.8 Å². The number of rotatable bonds is 2. The molecule has 0 atom stereocenters. The van der Waals surface area contributed by atoms with Crippen molar-refractivity contribution in [1.82, 2.24) is 9.97 Å². The predicted octanol–water partition coefficient (Wildman–Crippen LogP) is 3.31. The first-order chi connectivity index (χ1) is 11.5. The van der Waals surface area contributed by atoms with E-state index in [1.807, 2.05) is 0 Å². The minimum Gasteiger partial charge on any atom is -0.507 e. The molecule has 5 nitrogen and oxygen atoms in total. The molecular formula is C19H15N3O2. The summed E-state index contributed by atoms with van der Waals surface area (Å²) >= 11 is 0. The van der Waals surface area contributed by atoms with Gasteiger partial charge in [0.05, 0.1) is 16.5 Å². The zero-order valence-corrected chi connectivity index (χ0v) is 13.3. The molecule has 0 saturated carbocycles. The molecule has 0 saturated heterocycles. The first kappa shape index (κ1) is 15.5. The Morgan fingerprint density at radius 1 is 1.25 bits per heavy atom. The van der Waals surface area contributed by atoms with Crippen molar-refractivity contribution in [2.24, 2.45) is 0 Å². The molecule has 0 fully saturated rings. The Kier molecular flexibility index (Phi) is 3.88. The van der Waals surface area contributed by atoms with Crippen LogP contribution in [0.4, 0.5) is 0 Å². The average molecular weight is 317 g/mol. The quantitative estimate of drug-likeness (QED) is 0.710. The second-order valence-corrected chi connectivity index (χ2v) is 5.60. The molecule has 1 aromatic heterocycles. The number of aromatic hydroxyl groups is 1. The summed E-state index contributed by atoms with van der Waals surface area (Å²) in [6.45, 7) is 3.59. The normalized spacial score (nSPS) is 11.5. The van der Waals surface area contributed by atoms with Gasteiger partial charge in [0.25, 0.3) is 5.56 Å². The molecule has 3 rings (SSSR count). The first-order valence-electron chi connectivity index (χ1n) is 7.41. The van der Waals surface area contributed by atoms with Gasteiger partial charge in [0.15, 0.2) is 5.82 Å². The second kappa shape index (κ2) is 6.01. The number of benzene rings is 2. The topological polar surface area (TPSA) is 89.8 Å². The van der Waals surface area contributed by atoms with E-state index in [0.717, 1.165) is 16.7 Å². The number of phenols is 1. The van der Waals surface area contributed by atoms with E-state index in [2.05, 4.69) is 16.0 Å². The van der Waals surface area contributed by atoms with Gasteiger partial charge in [-0.3, -0.25) is 4.79 Å². The Hall–Kier alpha value is -3.39. The van der Waals surface area contributed by atoms with Gasteiger partial charge >= 0.3 is 0 Å². The van der Waals surface area contributed by atoms with Crippen LogP contribution in [0.1, 0.15) is 22.5 Å². The van der Waals surface area contributed by atoms with Crippen molar-refractivity contribution in [1.29, 1.82) is 5.26 Å². The molecule has 0 aliphatic rings. The summed E-state index contributed by atoms with van der Waals surface area (Å²) in [6, 6.07) is 12.6. The number of aromatic amines is 1. The number of phenolic OH excluding ortho intramolecular Hbond substituents is 1. The Bertz CT molecular complexity index is 1050. The number of nitrogens with zero attached hydrogens (tertiary/aromatic N) is 2. The zero-order valence-electron chi connectivity index (χ0n) is 13.3. The number of nitrogens with one attached hydrogen (secondary N) is 1. The van der Waals surface area contributed by atoms with Crippen LogP contribution in [0, 0.1) is 25.2 Å². The molecule has 0 spiro atoms. The van der Waals surface area contributed by atoms with Crippen molar-refractivity contribution in [3.63, 3.8) is 0 Å². The van der Waals surface area contributed by atoms with Crippen molar-refractivity contribution in [3.05, 3.63) is 69.3 Å². The third-order valence-electron chi connectivity index (χ3n) is 3.81. The highest BCUT2D eigenvalue weighted by Crippen LogP contribution is 2.25. The molecule has 0 unspecified atom stereocenters. The number of fused-ring (bicyclic) bond motifs is 1. The lowest BCUT2D eigenvalue weighted by atomic mass is 10.0. The van der Waals surface area contributed by atoms with Crippen LogP contribution in [0.15, 0.2) is 41.2 Å². The average Bonchev–Trinajstić information content (AvgIpc) is 2.57. The number of nitriles is 1. The highest BCUT2D eigenvalue weighted by Gasteiger charge is 2.09. The van der Waals surface area contributed by atoms with Crippen LogP contribution < -0.4 is 5.56 Å². The fourth-order valence-corrected chi connectivity index (χ4v) is 2.61. The van der Waals surface area contributed by atoms with Crippen molar-refractivity contribution in [2.75, 3.05) is 0 Å². The predicted molar refractivity (Wildman–Crippen MR) is 93.4 cm³/mol. The van der Waals surface area contributed by atoms with E-state index >= 15 is 0 Å². The van der Waals surface area contributed by atoms with E-state index in [4.69, 9.17) is 0 Å². The summed E-state index contributed by atoms with van der Waals surface area (Å²) in [4.78, 5) is 19.2. The molecule has 2 aromatic carbocycles. The van der Waals surface area contributed by atoms with E-state index in [9.17, 15) is 15.2 Å². The van der Waals surface area contributed by atoms with Gasteiger partial charge in [0, 0.05) is 0 Å². The van der Waals surface area contributed by atoms with Crippen molar-refractivity contribution < 1.29 is 5.11 Å². The number of para-hydroxylation sites is 1. The molecular weight excluding hydrogens is 302 g/mol. The number of hydrogen-bond acceptors (Lipinski definition) is 4. The van der Waals surface area contributed by atoms with Gasteiger partial charge in [-0.05, 0) is 60.9 Å². The van der Waals surface area contributed by atoms with Gasteiger partial charge < -0.3 is 10.1 Å². The first-order valence-corrected chi connectivity index (χ1v) is 7.41. The van der Waals surface area contributed by atoms with Crippen LogP contribution in [0.5, 0.6) is 5.75 Å². The molecule has 0 aliphatic heterocycles. The molecule has 2 N–H and O–H groups in total. The Morgan fingerprint density at radius 2 is 1.92 bits per heavy atom. The van der Waals surface area contributed by atoms with Crippen LogP contribution in [0.25, 0.3) is 22.6 Å². The van der Waals surface area contributed by atoms with Crippen LogP contribution in [-0.4, -0.2) is 15.1 Å². The molecule has 0 amide bonds. The van der Waals surface area contributed by atoms with Crippen LogP contribution in [0.2, 0.25) is 0 Å². The number of hydrogen-bond donors (Lipinski definition) is 2. The number of H-pyrrole nitrogens is 1. The fourth-order valence-electron chi connectivity index (χ4n) is 2.61. The van der Waals surface area contributed by atoms with Crippen LogP contribution in [-0.2, 0) is 0 Å². The van der Waals surface area contributed by atoms with Crippen molar-refractivity contribution >= 4 is 22.6 Å². The van der Waals surface area contributed by atoms with E-state index in [0.29, 0.717) is 10.9 Å². The smallest absolute Gasteiger partial charge is 0.259 e. The summed E-state index contributed by atoms with van der Waals surface area (Å²) in [6.07, 6.45) is 1.65. The van der Waals surface area contributed by atoms with Gasteiger partial charge in [-0.15, -0.1) is 0 Å². The molecule has 5 heteroatoms. The number of aryl methyl sites for hydroxylation is 2. The SMILES string of the molecule is Cc1cc(C=C(C#N)c2nc3ccccc3c(=O)[nH]2)cc(C)c1O. The van der Waals surface area contributed by atoms with Gasteiger partial charge in [0.2, 0.25) is 0 Å². The maximum absolute atomic E-state index is 12.2. The summed E-state index contributed by atoms with van der Waals surface area (Å²) < 4.78 is 0. The Balaban J connectivity index is 2.16. The van der Waals surface area contributed by atoms with Gasteiger partial charge in [0.1, 0.15) is 11.8 Å². The molecule has 0 bridgehead atoms. The lowest BCUT2D eigenvalue weighted by Gasteiger charge is -2.06. The summed E-state index contributed by atoms with van der Waals surface area (Å²) in [5.74, 6) is 0.465. The lowest BCUT2D eigenvalue weighted by Crippen LogP contribution is -2.11. The molecule has 118 valence electrons. The van der Waals surface area contributed by atoms with E-state index in [1.54, 1.807) is 56.3 Å². The monoisotopic (exact) mass is 317 g/mol. The largest absolute Gasteiger partial charge is 0.507 e. The third kappa shape index (κ3) is 2.77. The van der Waals surface area contributed by atoms with Crippen LogP contribution in [0.3, 0.4) is 0 Å². The van der Waals surface area contributed by atoms with Crippen LogP contribution >= 0.6 is 0 Å². The van der Waals surface area contributed by atoms with Gasteiger partial charge in [-0.2, -0.15) is 5.26 Å². The maximum Gasteiger partial charge on any atom is 0.259 e. The molecule has 24 heavy (non-hydrogen) atoms. The highest BCUT2D eigenvalue weighted by atomic mass is 16.3. The minimum absolute atomic E-state index is 0.226. The van der Waals surface area contributed by atoms with E-state index in [1.165, 1.54) is 0 Å². The molecule has 0 aliphatic carbocycles. The maximum atomic E-state index is 12.2. The molecule has 1 heterocycles. The van der Waals surface area contributed by atoms with Gasteiger partial charge in [-0.25, -0.2) is 4.98 Å². The zero-order chi connectivity index (χ0) is 17.3. The van der Waals surface area contributed by atoms with E-state index in [-0.39, 0.29) is 22.7 Å². The second-order valence-electron chi connectivity index (χ2n) is 5.60. The van der Waals surface area contributed by atoms with Gasteiger partial charge in [-0.1, -0.05) is 12.1 Å². The summed E-state index contributed by atoms with van der Waals surface area (Å²) in [5, 5.41) is 19.8. The minimum atomic E-state index is -0.283. The lowest BCUT2D eigenvalue weighted by molar-refractivity contribution is 0.467. The molecule has 3 aromatic rings. The molecule has 0 radical (unpaired) electrons.